The largest absolute Gasteiger partial charge is 0.488 e. The van der Waals surface area contributed by atoms with Crippen LogP contribution in [0.2, 0.25) is 0 Å². The number of carbonyl (C=O) groups is 1. The van der Waals surface area contributed by atoms with Gasteiger partial charge in [-0.1, -0.05) is 12.1 Å². The first-order valence-corrected chi connectivity index (χ1v) is 5.59. The lowest BCUT2D eigenvalue weighted by Crippen LogP contribution is -2.30. The van der Waals surface area contributed by atoms with Crippen LogP contribution in [0, 0.1) is 5.82 Å². The summed E-state index contributed by atoms with van der Waals surface area (Å²) in [5.41, 5.74) is 1.02. The van der Waals surface area contributed by atoms with Gasteiger partial charge in [0.15, 0.2) is 0 Å². The smallest absolute Gasteiger partial charge is 0.423 e. The van der Waals surface area contributed by atoms with Crippen molar-refractivity contribution in [3.05, 3.63) is 59.9 Å². The van der Waals surface area contributed by atoms with E-state index in [9.17, 15) is 9.18 Å². The number of halogens is 1. The number of rotatable bonds is 3. The quantitative estimate of drug-likeness (QED) is 0.712. The molecule has 2 rings (SSSR count). The molecule has 0 fully saturated rings. The number of nitrogens with one attached hydrogen (secondary N) is 1. The Morgan fingerprint density at radius 3 is 2.42 bits per heavy atom. The van der Waals surface area contributed by atoms with Crippen molar-refractivity contribution in [3.8, 4) is 0 Å². The Labute approximate surface area is 109 Å². The molecule has 2 aromatic carbocycles. The highest BCUT2D eigenvalue weighted by Gasteiger charge is 2.12. The van der Waals surface area contributed by atoms with Gasteiger partial charge in [0.25, 0.3) is 5.91 Å². The number of amides is 1. The normalized spacial score (nSPS) is 10.1. The van der Waals surface area contributed by atoms with Crippen LogP contribution in [0.25, 0.3) is 0 Å². The van der Waals surface area contributed by atoms with Crippen LogP contribution in [-0.2, 0) is 0 Å². The second-order valence-electron chi connectivity index (χ2n) is 3.96. The van der Waals surface area contributed by atoms with Gasteiger partial charge in [0.05, 0.1) is 0 Å². The first-order valence-electron chi connectivity index (χ1n) is 5.59. The van der Waals surface area contributed by atoms with E-state index in [1.165, 1.54) is 36.4 Å². The van der Waals surface area contributed by atoms with E-state index in [1.54, 1.807) is 12.1 Å². The molecule has 0 aromatic heterocycles. The maximum atomic E-state index is 12.7. The second kappa shape index (κ2) is 5.64. The van der Waals surface area contributed by atoms with Crippen LogP contribution in [0.5, 0.6) is 0 Å². The number of anilines is 1. The first kappa shape index (κ1) is 13.3. The molecule has 4 nitrogen and oxygen atoms in total. The van der Waals surface area contributed by atoms with Gasteiger partial charge in [-0.15, -0.1) is 0 Å². The van der Waals surface area contributed by atoms with E-state index in [0.717, 1.165) is 0 Å². The number of benzene rings is 2. The molecule has 0 saturated carbocycles. The van der Waals surface area contributed by atoms with Crippen LogP contribution in [0.3, 0.4) is 0 Å². The molecule has 1 amide bonds. The maximum absolute atomic E-state index is 12.7. The monoisotopic (exact) mass is 259 g/mol. The van der Waals surface area contributed by atoms with Crippen molar-refractivity contribution in [3.63, 3.8) is 0 Å². The topological polar surface area (TPSA) is 69.6 Å². The van der Waals surface area contributed by atoms with Gasteiger partial charge in [0.1, 0.15) is 5.82 Å². The molecule has 0 atom stereocenters. The van der Waals surface area contributed by atoms with Gasteiger partial charge in [-0.25, -0.2) is 4.39 Å². The van der Waals surface area contributed by atoms with Crippen molar-refractivity contribution >= 4 is 24.2 Å². The van der Waals surface area contributed by atoms with Gasteiger partial charge in [-0.3, -0.25) is 4.79 Å². The fourth-order valence-electron chi connectivity index (χ4n) is 1.58. The Bertz CT molecular complexity index is 587. The molecule has 0 unspecified atom stereocenters. The van der Waals surface area contributed by atoms with Crippen LogP contribution < -0.4 is 10.8 Å². The third-order valence-electron chi connectivity index (χ3n) is 2.55. The van der Waals surface area contributed by atoms with Gasteiger partial charge < -0.3 is 15.4 Å². The van der Waals surface area contributed by atoms with Crippen LogP contribution in [0.4, 0.5) is 10.1 Å². The van der Waals surface area contributed by atoms with Crippen LogP contribution in [0.15, 0.2) is 48.5 Å². The standard InChI is InChI=1S/C13H11BFNO3/c15-11-6-4-9(5-7-11)13(17)16-12-3-1-2-10(8-12)14(18)19/h1-8,18-19H,(H,16,17). The Hall–Kier alpha value is -2.18. The summed E-state index contributed by atoms with van der Waals surface area (Å²) in [4.78, 5) is 11.8. The molecule has 0 heterocycles. The SMILES string of the molecule is O=C(Nc1cccc(B(O)O)c1)c1ccc(F)cc1. The van der Waals surface area contributed by atoms with Crippen LogP contribution in [-0.4, -0.2) is 23.1 Å². The zero-order valence-corrected chi connectivity index (χ0v) is 9.88. The molecule has 0 spiro atoms. The van der Waals surface area contributed by atoms with E-state index >= 15 is 0 Å². The van der Waals surface area contributed by atoms with Gasteiger partial charge in [-0.05, 0) is 41.9 Å². The minimum absolute atomic E-state index is 0.275. The molecule has 2 aromatic rings. The molecule has 0 aliphatic rings. The third kappa shape index (κ3) is 3.40. The second-order valence-corrected chi connectivity index (χ2v) is 3.96. The average Bonchev–Trinajstić information content (AvgIpc) is 2.39. The Morgan fingerprint density at radius 2 is 1.79 bits per heavy atom. The van der Waals surface area contributed by atoms with Crippen molar-refractivity contribution in [2.75, 3.05) is 5.32 Å². The summed E-state index contributed by atoms with van der Waals surface area (Å²) >= 11 is 0. The van der Waals surface area contributed by atoms with E-state index in [2.05, 4.69) is 5.32 Å². The molecule has 0 aliphatic heterocycles. The van der Waals surface area contributed by atoms with E-state index < -0.39 is 18.8 Å². The molecule has 3 N–H and O–H groups in total. The summed E-state index contributed by atoms with van der Waals surface area (Å²) in [5, 5.41) is 20.7. The van der Waals surface area contributed by atoms with E-state index in [0.29, 0.717) is 11.3 Å². The summed E-state index contributed by atoms with van der Waals surface area (Å²) in [5.74, 6) is -0.813. The predicted octanol–water partition coefficient (Wildman–Crippen LogP) is 0.758. The molecule has 0 saturated heterocycles. The van der Waals surface area contributed by atoms with Crippen LogP contribution in [0.1, 0.15) is 10.4 Å². The van der Waals surface area contributed by atoms with Crippen molar-refractivity contribution in [2.45, 2.75) is 0 Å². The number of carbonyl (C=O) groups excluding carboxylic acids is 1. The molecule has 96 valence electrons. The van der Waals surface area contributed by atoms with Gasteiger partial charge >= 0.3 is 7.12 Å². The van der Waals surface area contributed by atoms with Crippen molar-refractivity contribution < 1.29 is 19.2 Å². The van der Waals surface area contributed by atoms with Crippen molar-refractivity contribution in [1.82, 2.24) is 0 Å². The predicted molar refractivity (Wildman–Crippen MR) is 70.6 cm³/mol. The fourth-order valence-corrected chi connectivity index (χ4v) is 1.58. The van der Waals surface area contributed by atoms with Gasteiger partial charge in [-0.2, -0.15) is 0 Å². The first-order chi connectivity index (χ1) is 9.06. The number of hydrogen-bond donors (Lipinski definition) is 3. The maximum Gasteiger partial charge on any atom is 0.488 e. The third-order valence-corrected chi connectivity index (χ3v) is 2.55. The molecule has 0 aliphatic carbocycles. The van der Waals surface area contributed by atoms with Crippen molar-refractivity contribution in [2.24, 2.45) is 0 Å². The Kier molecular flexibility index (Phi) is 3.94. The molecular formula is C13H11BFNO3. The van der Waals surface area contributed by atoms with Crippen LogP contribution >= 0.6 is 0 Å². The highest BCUT2D eigenvalue weighted by Crippen LogP contribution is 2.09. The Morgan fingerprint density at radius 1 is 1.11 bits per heavy atom. The van der Waals surface area contributed by atoms with Crippen molar-refractivity contribution in [1.29, 1.82) is 0 Å². The molecule has 0 radical (unpaired) electrons. The minimum Gasteiger partial charge on any atom is -0.423 e. The van der Waals surface area contributed by atoms with E-state index in [1.807, 2.05) is 0 Å². The Balaban J connectivity index is 2.14. The summed E-state index contributed by atoms with van der Waals surface area (Å²) < 4.78 is 12.7. The van der Waals surface area contributed by atoms with Gasteiger partial charge in [0.2, 0.25) is 0 Å². The molecule has 0 bridgehead atoms. The molecule has 19 heavy (non-hydrogen) atoms. The summed E-state index contributed by atoms with van der Waals surface area (Å²) in [6.45, 7) is 0. The summed E-state index contributed by atoms with van der Waals surface area (Å²) in [7, 11) is -1.59. The summed E-state index contributed by atoms with van der Waals surface area (Å²) in [6, 6.07) is 11.3. The fraction of sp³-hybridized carbons (Fsp3) is 0. The lowest BCUT2D eigenvalue weighted by Gasteiger charge is -2.07. The minimum atomic E-state index is -1.59. The highest BCUT2D eigenvalue weighted by atomic mass is 19.1. The summed E-state index contributed by atoms with van der Waals surface area (Å²) in [6.07, 6.45) is 0. The highest BCUT2D eigenvalue weighted by molar-refractivity contribution is 6.58. The zero-order chi connectivity index (χ0) is 13.8. The van der Waals surface area contributed by atoms with Gasteiger partial charge in [0, 0.05) is 11.3 Å². The number of hydrogen-bond acceptors (Lipinski definition) is 3. The molecule has 6 heteroatoms. The van der Waals surface area contributed by atoms with E-state index in [4.69, 9.17) is 10.0 Å². The lowest BCUT2D eigenvalue weighted by molar-refractivity contribution is 0.102. The average molecular weight is 259 g/mol. The van der Waals surface area contributed by atoms with E-state index in [-0.39, 0.29) is 5.46 Å². The molecular weight excluding hydrogens is 248 g/mol. The zero-order valence-electron chi connectivity index (χ0n) is 9.88. The lowest BCUT2D eigenvalue weighted by atomic mass is 9.80.